The number of hydrogen-bond donors (Lipinski definition) is 1. The molecule has 0 fully saturated rings. The first kappa shape index (κ1) is 20.5. The van der Waals surface area contributed by atoms with Crippen molar-refractivity contribution in [3.8, 4) is 11.3 Å². The van der Waals surface area contributed by atoms with E-state index in [0.717, 1.165) is 12.1 Å². The fourth-order valence-corrected chi connectivity index (χ4v) is 4.53. The molecule has 4 nitrogen and oxygen atoms in total. The zero-order valence-corrected chi connectivity index (χ0v) is 16.7. The highest BCUT2D eigenvalue weighted by atomic mass is 32.2. The van der Waals surface area contributed by atoms with E-state index in [1.165, 1.54) is 12.1 Å². The largest absolute Gasteiger partial charge is 0.416 e. The van der Waals surface area contributed by atoms with Crippen molar-refractivity contribution in [1.82, 2.24) is 9.97 Å². The van der Waals surface area contributed by atoms with Crippen LogP contribution < -0.4 is 5.73 Å². The quantitative estimate of drug-likeness (QED) is 0.460. The SMILES string of the molecule is Cc1nc(-c2cc(N)cc(C(F)(F)F)c2)c2cc(C3=CCS(=O)CC3)c(F)cc2n1. The van der Waals surface area contributed by atoms with Gasteiger partial charge in [0.15, 0.2) is 0 Å². The highest BCUT2D eigenvalue weighted by Crippen LogP contribution is 2.37. The number of allylic oxidation sites excluding steroid dienone is 1. The molecule has 1 aromatic heterocycles. The van der Waals surface area contributed by atoms with E-state index >= 15 is 0 Å². The van der Waals surface area contributed by atoms with E-state index in [1.54, 1.807) is 19.1 Å². The summed E-state index contributed by atoms with van der Waals surface area (Å²) >= 11 is 0. The molecule has 9 heteroatoms. The molecule has 0 bridgehead atoms. The number of alkyl halides is 3. The van der Waals surface area contributed by atoms with Gasteiger partial charge in [-0.3, -0.25) is 4.21 Å². The average molecular weight is 435 g/mol. The maximum Gasteiger partial charge on any atom is 0.416 e. The molecule has 1 atom stereocenters. The first-order valence-electron chi connectivity index (χ1n) is 9.12. The van der Waals surface area contributed by atoms with Gasteiger partial charge in [-0.1, -0.05) is 6.08 Å². The summed E-state index contributed by atoms with van der Waals surface area (Å²) in [6, 6.07) is 6.05. The number of hydrogen-bond acceptors (Lipinski definition) is 4. The van der Waals surface area contributed by atoms with Gasteiger partial charge in [0.05, 0.1) is 16.8 Å². The van der Waals surface area contributed by atoms with Gasteiger partial charge in [-0.15, -0.1) is 0 Å². The van der Waals surface area contributed by atoms with Gasteiger partial charge in [0, 0.05) is 50.6 Å². The van der Waals surface area contributed by atoms with Crippen LogP contribution in [0.1, 0.15) is 23.4 Å². The van der Waals surface area contributed by atoms with Crippen molar-refractivity contribution in [2.45, 2.75) is 19.5 Å². The van der Waals surface area contributed by atoms with E-state index in [4.69, 9.17) is 5.73 Å². The number of halogens is 4. The molecule has 2 N–H and O–H groups in total. The van der Waals surface area contributed by atoms with Crippen LogP contribution in [-0.4, -0.2) is 25.7 Å². The minimum absolute atomic E-state index is 0.0518. The summed E-state index contributed by atoms with van der Waals surface area (Å²) in [5, 5.41) is 0.420. The van der Waals surface area contributed by atoms with E-state index in [2.05, 4.69) is 9.97 Å². The first-order chi connectivity index (χ1) is 14.1. The van der Waals surface area contributed by atoms with Crippen LogP contribution >= 0.6 is 0 Å². The second-order valence-corrected chi connectivity index (χ2v) is 8.72. The molecule has 2 aromatic carbocycles. The average Bonchev–Trinajstić information content (AvgIpc) is 2.66. The predicted molar refractivity (Wildman–Crippen MR) is 110 cm³/mol. The standard InChI is InChI=1S/C21H17F4N3OS/c1-11-27-19-10-18(22)16(12-2-4-30(29)5-3-12)9-17(19)20(28-11)13-6-14(21(23,24)25)8-15(26)7-13/h2,6-10H,3-5,26H2,1H3. The third kappa shape index (κ3) is 3.94. The van der Waals surface area contributed by atoms with Crippen LogP contribution in [0.4, 0.5) is 23.2 Å². The molecule has 1 aliphatic rings. The first-order valence-corrected chi connectivity index (χ1v) is 10.6. The lowest BCUT2D eigenvalue weighted by molar-refractivity contribution is -0.137. The molecule has 0 saturated carbocycles. The highest BCUT2D eigenvalue weighted by molar-refractivity contribution is 7.85. The number of rotatable bonds is 2. The van der Waals surface area contributed by atoms with E-state index in [-0.39, 0.29) is 22.5 Å². The minimum atomic E-state index is -4.57. The molecule has 0 saturated heterocycles. The van der Waals surface area contributed by atoms with Gasteiger partial charge in [-0.2, -0.15) is 13.2 Å². The van der Waals surface area contributed by atoms with Crippen molar-refractivity contribution in [3.05, 3.63) is 59.2 Å². The summed E-state index contributed by atoms with van der Waals surface area (Å²) < 4.78 is 66.2. The van der Waals surface area contributed by atoms with Crippen LogP contribution in [-0.2, 0) is 17.0 Å². The van der Waals surface area contributed by atoms with E-state index < -0.39 is 28.4 Å². The van der Waals surface area contributed by atoms with Crippen LogP contribution in [0.5, 0.6) is 0 Å². The third-order valence-corrected chi connectivity index (χ3v) is 6.11. The van der Waals surface area contributed by atoms with Crippen LogP contribution in [0.2, 0.25) is 0 Å². The lowest BCUT2D eigenvalue weighted by atomic mass is 9.97. The van der Waals surface area contributed by atoms with Crippen molar-refractivity contribution in [2.75, 3.05) is 17.2 Å². The van der Waals surface area contributed by atoms with E-state index in [0.29, 0.717) is 40.3 Å². The number of nitrogen functional groups attached to an aromatic ring is 1. The Labute approximate surface area is 172 Å². The molecule has 0 radical (unpaired) electrons. The Morgan fingerprint density at radius 3 is 2.53 bits per heavy atom. The van der Waals surface area contributed by atoms with Gasteiger partial charge in [0.25, 0.3) is 0 Å². The number of aryl methyl sites for hydroxylation is 1. The highest BCUT2D eigenvalue weighted by Gasteiger charge is 2.31. The van der Waals surface area contributed by atoms with Crippen LogP contribution in [0.25, 0.3) is 27.7 Å². The fraction of sp³-hybridized carbons (Fsp3) is 0.238. The number of nitrogens with two attached hydrogens (primary N) is 1. The summed E-state index contributed by atoms with van der Waals surface area (Å²) in [5.41, 5.74) is 6.51. The Hall–Kier alpha value is -2.81. The maximum absolute atomic E-state index is 14.8. The number of aromatic nitrogens is 2. The second-order valence-electron chi connectivity index (χ2n) is 7.10. The van der Waals surface area contributed by atoms with Gasteiger partial charge in [0.1, 0.15) is 11.6 Å². The molecular weight excluding hydrogens is 418 g/mol. The van der Waals surface area contributed by atoms with Crippen molar-refractivity contribution in [1.29, 1.82) is 0 Å². The molecule has 2 heterocycles. The Kier molecular flexibility index (Phi) is 5.09. The summed E-state index contributed by atoms with van der Waals surface area (Å²) in [5.74, 6) is 0.584. The van der Waals surface area contributed by atoms with Crippen LogP contribution in [0.15, 0.2) is 36.4 Å². The number of benzene rings is 2. The lowest BCUT2D eigenvalue weighted by Gasteiger charge is -2.16. The molecule has 0 aliphatic carbocycles. The summed E-state index contributed by atoms with van der Waals surface area (Å²) in [7, 11) is -0.963. The number of anilines is 1. The predicted octanol–water partition coefficient (Wildman–Crippen LogP) is 4.88. The lowest BCUT2D eigenvalue weighted by Crippen LogP contribution is -2.09. The van der Waals surface area contributed by atoms with Crippen molar-refractivity contribution >= 4 is 33.0 Å². The molecule has 1 unspecified atom stereocenters. The number of fused-ring (bicyclic) bond motifs is 1. The van der Waals surface area contributed by atoms with Gasteiger partial charge in [0.2, 0.25) is 0 Å². The normalized spacial score (nSPS) is 17.2. The Morgan fingerprint density at radius 1 is 1.10 bits per heavy atom. The van der Waals surface area contributed by atoms with Gasteiger partial charge in [-0.25, -0.2) is 14.4 Å². The Bertz CT molecular complexity index is 1220. The third-order valence-electron chi connectivity index (χ3n) is 4.91. The molecule has 0 spiro atoms. The summed E-state index contributed by atoms with van der Waals surface area (Å²) in [6.07, 6.45) is -2.38. The zero-order chi connectivity index (χ0) is 21.6. The van der Waals surface area contributed by atoms with Crippen molar-refractivity contribution in [2.24, 2.45) is 0 Å². The molecule has 1 aliphatic heterocycles. The molecule has 3 aromatic rings. The molecule has 0 amide bonds. The minimum Gasteiger partial charge on any atom is -0.399 e. The van der Waals surface area contributed by atoms with E-state index in [9.17, 15) is 21.8 Å². The molecule has 156 valence electrons. The van der Waals surface area contributed by atoms with E-state index in [1.807, 2.05) is 0 Å². The van der Waals surface area contributed by atoms with Gasteiger partial charge >= 0.3 is 6.18 Å². The summed E-state index contributed by atoms with van der Waals surface area (Å²) in [6.45, 7) is 1.59. The van der Waals surface area contributed by atoms with Crippen molar-refractivity contribution in [3.63, 3.8) is 0 Å². The monoisotopic (exact) mass is 435 g/mol. The Balaban J connectivity index is 1.96. The van der Waals surface area contributed by atoms with Gasteiger partial charge < -0.3 is 5.73 Å². The van der Waals surface area contributed by atoms with Gasteiger partial charge in [-0.05, 0) is 43.2 Å². The fourth-order valence-electron chi connectivity index (χ4n) is 3.53. The second kappa shape index (κ2) is 7.46. The van der Waals surface area contributed by atoms with Crippen LogP contribution in [0, 0.1) is 12.7 Å². The zero-order valence-electron chi connectivity index (χ0n) is 15.9. The maximum atomic E-state index is 14.8. The summed E-state index contributed by atoms with van der Waals surface area (Å²) in [4.78, 5) is 8.58. The number of nitrogens with zero attached hydrogens (tertiary/aromatic N) is 2. The van der Waals surface area contributed by atoms with Crippen LogP contribution in [0.3, 0.4) is 0 Å². The smallest absolute Gasteiger partial charge is 0.399 e. The van der Waals surface area contributed by atoms with Crippen molar-refractivity contribution < 1.29 is 21.8 Å². The molecule has 4 rings (SSSR count). The molecule has 30 heavy (non-hydrogen) atoms. The topological polar surface area (TPSA) is 68.9 Å². The molecular formula is C21H17F4N3OS. The Morgan fingerprint density at radius 2 is 1.87 bits per heavy atom.